The quantitative estimate of drug-likeness (QED) is 0.889. The Morgan fingerprint density at radius 2 is 1.73 bits per heavy atom. The van der Waals surface area contributed by atoms with Crippen molar-refractivity contribution < 1.29 is 9.53 Å². The van der Waals surface area contributed by atoms with Crippen molar-refractivity contribution in [1.82, 2.24) is 0 Å². The van der Waals surface area contributed by atoms with Crippen LogP contribution in [0.2, 0.25) is 5.02 Å². The van der Waals surface area contributed by atoms with E-state index in [0.717, 1.165) is 22.4 Å². The van der Waals surface area contributed by atoms with Crippen LogP contribution < -0.4 is 10.1 Å². The Balaban J connectivity index is 2.05. The van der Waals surface area contributed by atoms with Crippen LogP contribution in [-0.2, 0) is 4.79 Å². The zero-order chi connectivity index (χ0) is 16.3. The maximum absolute atomic E-state index is 12.3. The van der Waals surface area contributed by atoms with Crippen molar-refractivity contribution in [2.24, 2.45) is 0 Å². The number of halogens is 1. The number of aryl methyl sites for hydroxylation is 3. The van der Waals surface area contributed by atoms with Gasteiger partial charge in [0.1, 0.15) is 5.75 Å². The van der Waals surface area contributed by atoms with Crippen LogP contribution in [0.15, 0.2) is 36.4 Å². The molecular weight excluding hydrogens is 298 g/mol. The maximum atomic E-state index is 12.3. The minimum absolute atomic E-state index is 0.181. The molecule has 2 aromatic carbocycles. The second kappa shape index (κ2) is 6.84. The Morgan fingerprint density at radius 3 is 2.32 bits per heavy atom. The highest BCUT2D eigenvalue weighted by Crippen LogP contribution is 2.23. The summed E-state index contributed by atoms with van der Waals surface area (Å²) in [6, 6.07) is 11.3. The highest BCUT2D eigenvalue weighted by molar-refractivity contribution is 6.30. The van der Waals surface area contributed by atoms with Crippen molar-refractivity contribution in [1.29, 1.82) is 0 Å². The second-order valence-electron chi connectivity index (χ2n) is 5.54. The van der Waals surface area contributed by atoms with E-state index < -0.39 is 6.10 Å². The van der Waals surface area contributed by atoms with E-state index in [1.165, 1.54) is 0 Å². The molecule has 4 heteroatoms. The van der Waals surface area contributed by atoms with Crippen LogP contribution in [0.5, 0.6) is 5.75 Å². The molecule has 1 N–H and O–H groups in total. The van der Waals surface area contributed by atoms with Gasteiger partial charge in [0, 0.05) is 10.7 Å². The molecule has 0 aliphatic heterocycles. The van der Waals surface area contributed by atoms with E-state index in [2.05, 4.69) is 11.4 Å². The fourth-order valence-corrected chi connectivity index (χ4v) is 2.51. The van der Waals surface area contributed by atoms with Gasteiger partial charge >= 0.3 is 0 Å². The van der Waals surface area contributed by atoms with Gasteiger partial charge in [-0.15, -0.1) is 0 Å². The topological polar surface area (TPSA) is 38.3 Å². The summed E-state index contributed by atoms with van der Waals surface area (Å²) in [5.74, 6) is 0.479. The van der Waals surface area contributed by atoms with Crippen LogP contribution in [-0.4, -0.2) is 12.0 Å². The maximum Gasteiger partial charge on any atom is 0.265 e. The smallest absolute Gasteiger partial charge is 0.265 e. The zero-order valence-electron chi connectivity index (χ0n) is 13.2. The van der Waals surface area contributed by atoms with Gasteiger partial charge in [-0.1, -0.05) is 17.7 Å². The number of anilines is 1. The Kier molecular flexibility index (Phi) is 5.09. The summed E-state index contributed by atoms with van der Waals surface area (Å²) < 4.78 is 5.72. The second-order valence-corrected chi connectivity index (χ2v) is 5.97. The number of benzene rings is 2. The molecule has 0 spiro atoms. The third-order valence-electron chi connectivity index (χ3n) is 3.30. The van der Waals surface area contributed by atoms with E-state index in [0.29, 0.717) is 10.8 Å². The SMILES string of the molecule is Cc1cc(C)cc(NC(=O)C(C)Oc2ccc(Cl)cc2C)c1. The van der Waals surface area contributed by atoms with E-state index in [-0.39, 0.29) is 5.91 Å². The lowest BCUT2D eigenvalue weighted by Crippen LogP contribution is -2.30. The van der Waals surface area contributed by atoms with Gasteiger partial charge in [-0.25, -0.2) is 0 Å². The van der Waals surface area contributed by atoms with Crippen molar-refractivity contribution in [3.8, 4) is 5.75 Å². The van der Waals surface area contributed by atoms with Gasteiger partial charge in [-0.3, -0.25) is 4.79 Å². The lowest BCUT2D eigenvalue weighted by Gasteiger charge is -2.17. The number of nitrogens with one attached hydrogen (secondary N) is 1. The zero-order valence-corrected chi connectivity index (χ0v) is 14.0. The summed E-state index contributed by atoms with van der Waals surface area (Å²) in [5.41, 5.74) is 3.90. The third kappa shape index (κ3) is 4.25. The minimum atomic E-state index is -0.597. The molecule has 3 nitrogen and oxygen atoms in total. The molecule has 0 radical (unpaired) electrons. The molecule has 116 valence electrons. The highest BCUT2D eigenvalue weighted by atomic mass is 35.5. The first kappa shape index (κ1) is 16.4. The first-order chi connectivity index (χ1) is 10.3. The number of hydrogen-bond donors (Lipinski definition) is 1. The molecule has 0 saturated carbocycles. The first-order valence-corrected chi connectivity index (χ1v) is 7.55. The predicted molar refractivity (Wildman–Crippen MR) is 90.8 cm³/mol. The molecule has 0 bridgehead atoms. The molecule has 1 unspecified atom stereocenters. The van der Waals surface area contributed by atoms with Crippen LogP contribution in [0.4, 0.5) is 5.69 Å². The molecule has 0 aliphatic carbocycles. The molecule has 0 heterocycles. The van der Waals surface area contributed by atoms with Crippen molar-refractivity contribution >= 4 is 23.2 Å². The van der Waals surface area contributed by atoms with Gasteiger partial charge in [0.15, 0.2) is 6.10 Å². The molecule has 2 aromatic rings. The number of carbonyl (C=O) groups is 1. The van der Waals surface area contributed by atoms with Crippen molar-refractivity contribution in [2.45, 2.75) is 33.8 Å². The lowest BCUT2D eigenvalue weighted by atomic mass is 10.1. The molecule has 1 atom stereocenters. The van der Waals surface area contributed by atoms with E-state index in [1.807, 2.05) is 39.0 Å². The minimum Gasteiger partial charge on any atom is -0.481 e. The lowest BCUT2D eigenvalue weighted by molar-refractivity contribution is -0.122. The van der Waals surface area contributed by atoms with Gasteiger partial charge in [-0.05, 0) is 74.7 Å². The summed E-state index contributed by atoms with van der Waals surface area (Å²) in [6.45, 7) is 7.63. The van der Waals surface area contributed by atoms with E-state index in [1.54, 1.807) is 19.1 Å². The molecule has 2 rings (SSSR count). The van der Waals surface area contributed by atoms with Crippen LogP contribution >= 0.6 is 11.6 Å². The number of rotatable bonds is 4. The van der Waals surface area contributed by atoms with Crippen molar-refractivity contribution in [2.75, 3.05) is 5.32 Å². The van der Waals surface area contributed by atoms with E-state index in [9.17, 15) is 4.79 Å². The number of carbonyl (C=O) groups excluding carboxylic acids is 1. The highest BCUT2D eigenvalue weighted by Gasteiger charge is 2.16. The van der Waals surface area contributed by atoms with Crippen LogP contribution in [0.25, 0.3) is 0 Å². The molecule has 0 aliphatic rings. The van der Waals surface area contributed by atoms with E-state index >= 15 is 0 Å². The largest absolute Gasteiger partial charge is 0.481 e. The Hall–Kier alpha value is -2.00. The monoisotopic (exact) mass is 317 g/mol. The van der Waals surface area contributed by atoms with E-state index in [4.69, 9.17) is 16.3 Å². The number of amides is 1. The summed E-state index contributed by atoms with van der Waals surface area (Å²) in [7, 11) is 0. The summed E-state index contributed by atoms with van der Waals surface area (Å²) in [6.07, 6.45) is -0.597. The van der Waals surface area contributed by atoms with Crippen LogP contribution in [0, 0.1) is 20.8 Å². The molecule has 0 fully saturated rings. The van der Waals surface area contributed by atoms with Crippen LogP contribution in [0.1, 0.15) is 23.6 Å². The first-order valence-electron chi connectivity index (χ1n) is 7.17. The Morgan fingerprint density at radius 1 is 1.09 bits per heavy atom. The standard InChI is InChI=1S/C18H20ClNO2/c1-11-7-12(2)9-16(8-11)20-18(21)14(4)22-17-6-5-15(19)10-13(17)3/h5-10,14H,1-4H3,(H,20,21). The third-order valence-corrected chi connectivity index (χ3v) is 3.53. The van der Waals surface area contributed by atoms with Crippen molar-refractivity contribution in [3.63, 3.8) is 0 Å². The predicted octanol–water partition coefficient (Wildman–Crippen LogP) is 4.67. The average Bonchev–Trinajstić information content (AvgIpc) is 2.40. The van der Waals surface area contributed by atoms with Crippen molar-refractivity contribution in [3.05, 3.63) is 58.1 Å². The normalized spacial score (nSPS) is 11.9. The van der Waals surface area contributed by atoms with Gasteiger partial charge in [0.25, 0.3) is 5.91 Å². The van der Waals surface area contributed by atoms with Gasteiger partial charge in [0.05, 0.1) is 0 Å². The average molecular weight is 318 g/mol. The van der Waals surface area contributed by atoms with Gasteiger partial charge in [-0.2, -0.15) is 0 Å². The summed E-state index contributed by atoms with van der Waals surface area (Å²) >= 11 is 5.92. The fourth-order valence-electron chi connectivity index (χ4n) is 2.28. The molecule has 0 aromatic heterocycles. The van der Waals surface area contributed by atoms with Gasteiger partial charge in [0.2, 0.25) is 0 Å². The fraction of sp³-hybridized carbons (Fsp3) is 0.278. The Labute approximate surface area is 136 Å². The number of hydrogen-bond acceptors (Lipinski definition) is 2. The number of ether oxygens (including phenoxy) is 1. The molecule has 1 amide bonds. The molecule has 0 saturated heterocycles. The Bertz CT molecular complexity index is 677. The van der Waals surface area contributed by atoms with Crippen LogP contribution in [0.3, 0.4) is 0 Å². The molecular formula is C18H20ClNO2. The summed E-state index contributed by atoms with van der Waals surface area (Å²) in [5, 5.41) is 3.53. The molecule has 22 heavy (non-hydrogen) atoms. The van der Waals surface area contributed by atoms with Gasteiger partial charge < -0.3 is 10.1 Å². The summed E-state index contributed by atoms with van der Waals surface area (Å²) in [4.78, 5) is 12.3.